The van der Waals surface area contributed by atoms with E-state index in [4.69, 9.17) is 9.47 Å². The summed E-state index contributed by atoms with van der Waals surface area (Å²) in [5.41, 5.74) is 0. The minimum absolute atomic E-state index is 0.385. The number of hydrogen-bond donors (Lipinski definition) is 0. The SMILES string of the molecule is CC(C)OCCCCCCCCCOC(C)C. The summed E-state index contributed by atoms with van der Waals surface area (Å²) < 4.78 is 11.0. The van der Waals surface area contributed by atoms with Crippen LogP contribution in [0, 0.1) is 0 Å². The van der Waals surface area contributed by atoms with Crippen LogP contribution in [0.2, 0.25) is 0 Å². The van der Waals surface area contributed by atoms with Crippen molar-refractivity contribution >= 4 is 0 Å². The summed E-state index contributed by atoms with van der Waals surface area (Å²) in [6.07, 6.45) is 9.91. The third-order valence-electron chi connectivity index (χ3n) is 2.69. The Morgan fingerprint density at radius 3 is 1.12 bits per heavy atom. The minimum atomic E-state index is 0.385. The van der Waals surface area contributed by atoms with Gasteiger partial charge in [0.1, 0.15) is 0 Å². The van der Waals surface area contributed by atoms with E-state index in [-0.39, 0.29) is 0 Å². The molecule has 104 valence electrons. The maximum Gasteiger partial charge on any atom is 0.0518 e. The highest BCUT2D eigenvalue weighted by Crippen LogP contribution is 2.08. The van der Waals surface area contributed by atoms with Crippen LogP contribution in [0.4, 0.5) is 0 Å². The van der Waals surface area contributed by atoms with Gasteiger partial charge in [-0.05, 0) is 40.5 Å². The molecule has 0 unspecified atom stereocenters. The molecule has 0 rings (SSSR count). The van der Waals surface area contributed by atoms with Crippen LogP contribution in [0.15, 0.2) is 0 Å². The third kappa shape index (κ3) is 15.9. The summed E-state index contributed by atoms with van der Waals surface area (Å²) in [4.78, 5) is 0. The second-order valence-electron chi connectivity index (χ2n) is 5.31. The lowest BCUT2D eigenvalue weighted by Gasteiger charge is -2.07. The van der Waals surface area contributed by atoms with Gasteiger partial charge in [0.05, 0.1) is 12.2 Å². The molecule has 0 fully saturated rings. The van der Waals surface area contributed by atoms with Crippen LogP contribution in [0.25, 0.3) is 0 Å². The van der Waals surface area contributed by atoms with Crippen LogP contribution >= 0.6 is 0 Å². The monoisotopic (exact) mass is 244 g/mol. The summed E-state index contributed by atoms with van der Waals surface area (Å²) >= 11 is 0. The van der Waals surface area contributed by atoms with Crippen molar-refractivity contribution in [2.45, 2.75) is 84.8 Å². The lowest BCUT2D eigenvalue weighted by molar-refractivity contribution is 0.0749. The van der Waals surface area contributed by atoms with Crippen LogP contribution < -0.4 is 0 Å². The van der Waals surface area contributed by atoms with Crippen molar-refractivity contribution in [3.05, 3.63) is 0 Å². The molecule has 0 aliphatic rings. The molecule has 0 spiro atoms. The Morgan fingerprint density at radius 2 is 0.824 bits per heavy atom. The smallest absolute Gasteiger partial charge is 0.0518 e. The predicted octanol–water partition coefficient (Wildman–Crippen LogP) is 4.57. The highest BCUT2D eigenvalue weighted by Gasteiger charge is 1.95. The fourth-order valence-electron chi connectivity index (χ4n) is 1.73. The molecule has 0 bridgehead atoms. The van der Waals surface area contributed by atoms with Crippen molar-refractivity contribution in [2.24, 2.45) is 0 Å². The molecular formula is C15H32O2. The first-order chi connectivity index (χ1) is 8.13. The Morgan fingerprint density at radius 1 is 0.529 bits per heavy atom. The second kappa shape index (κ2) is 12.4. The Labute approximate surface area is 108 Å². The molecule has 0 amide bonds. The predicted molar refractivity (Wildman–Crippen MR) is 74.5 cm³/mol. The lowest BCUT2D eigenvalue weighted by Crippen LogP contribution is -2.03. The van der Waals surface area contributed by atoms with E-state index < -0.39 is 0 Å². The first-order valence-electron chi connectivity index (χ1n) is 7.36. The molecule has 0 aromatic rings. The standard InChI is InChI=1S/C15H32O2/c1-14(2)16-12-10-8-6-5-7-9-11-13-17-15(3)4/h14-15H,5-13H2,1-4H3. The molecule has 0 radical (unpaired) electrons. The summed E-state index contributed by atoms with van der Waals surface area (Å²) in [7, 11) is 0. The van der Waals surface area contributed by atoms with Gasteiger partial charge >= 0.3 is 0 Å². The van der Waals surface area contributed by atoms with Gasteiger partial charge in [-0.15, -0.1) is 0 Å². The first kappa shape index (κ1) is 16.9. The zero-order valence-corrected chi connectivity index (χ0v) is 12.3. The molecule has 2 nitrogen and oxygen atoms in total. The summed E-state index contributed by atoms with van der Waals surface area (Å²) in [6.45, 7) is 10.2. The molecule has 0 saturated carbocycles. The molecule has 0 aromatic carbocycles. The normalized spacial score (nSPS) is 11.6. The topological polar surface area (TPSA) is 18.5 Å². The Hall–Kier alpha value is -0.0800. The van der Waals surface area contributed by atoms with Gasteiger partial charge in [-0.2, -0.15) is 0 Å². The fourth-order valence-corrected chi connectivity index (χ4v) is 1.73. The van der Waals surface area contributed by atoms with Crippen LogP contribution in [0.1, 0.15) is 72.6 Å². The zero-order chi connectivity index (χ0) is 12.9. The molecule has 0 N–H and O–H groups in total. The quantitative estimate of drug-likeness (QED) is 0.468. The Balaban J connectivity index is 2.94. The van der Waals surface area contributed by atoms with E-state index in [1.54, 1.807) is 0 Å². The van der Waals surface area contributed by atoms with Gasteiger partial charge in [0, 0.05) is 13.2 Å². The molecule has 0 aliphatic heterocycles. The average Bonchev–Trinajstić information content (AvgIpc) is 2.25. The van der Waals surface area contributed by atoms with E-state index in [1.807, 2.05) is 0 Å². The molecule has 0 aromatic heterocycles. The van der Waals surface area contributed by atoms with Gasteiger partial charge in [-0.3, -0.25) is 0 Å². The largest absolute Gasteiger partial charge is 0.379 e. The van der Waals surface area contributed by atoms with Gasteiger partial charge in [-0.1, -0.05) is 32.1 Å². The van der Waals surface area contributed by atoms with Crippen molar-refractivity contribution < 1.29 is 9.47 Å². The van der Waals surface area contributed by atoms with Crippen molar-refractivity contribution in [3.8, 4) is 0 Å². The van der Waals surface area contributed by atoms with Crippen LogP contribution in [0.5, 0.6) is 0 Å². The van der Waals surface area contributed by atoms with E-state index >= 15 is 0 Å². The number of unbranched alkanes of at least 4 members (excludes halogenated alkanes) is 6. The number of hydrogen-bond acceptors (Lipinski definition) is 2. The van der Waals surface area contributed by atoms with Crippen LogP contribution in [-0.2, 0) is 9.47 Å². The van der Waals surface area contributed by atoms with Crippen molar-refractivity contribution in [1.29, 1.82) is 0 Å². The van der Waals surface area contributed by atoms with Crippen LogP contribution in [0.3, 0.4) is 0 Å². The van der Waals surface area contributed by atoms with E-state index in [0.29, 0.717) is 12.2 Å². The first-order valence-corrected chi connectivity index (χ1v) is 7.36. The highest BCUT2D eigenvalue weighted by atomic mass is 16.5. The Bertz CT molecular complexity index is 128. The van der Waals surface area contributed by atoms with Gasteiger partial charge in [0.15, 0.2) is 0 Å². The van der Waals surface area contributed by atoms with Crippen molar-refractivity contribution in [1.82, 2.24) is 0 Å². The maximum absolute atomic E-state index is 5.51. The summed E-state index contributed by atoms with van der Waals surface area (Å²) in [6, 6.07) is 0. The molecular weight excluding hydrogens is 212 g/mol. The average molecular weight is 244 g/mol. The number of ether oxygens (including phenoxy) is 2. The highest BCUT2D eigenvalue weighted by molar-refractivity contribution is 4.47. The molecule has 0 heterocycles. The summed E-state index contributed by atoms with van der Waals surface area (Å²) in [5, 5.41) is 0. The summed E-state index contributed by atoms with van der Waals surface area (Å²) in [5.74, 6) is 0. The van der Waals surface area contributed by atoms with E-state index in [0.717, 1.165) is 13.2 Å². The molecule has 0 atom stereocenters. The zero-order valence-electron chi connectivity index (χ0n) is 12.3. The number of rotatable bonds is 12. The maximum atomic E-state index is 5.51. The van der Waals surface area contributed by atoms with E-state index in [2.05, 4.69) is 27.7 Å². The van der Waals surface area contributed by atoms with Crippen molar-refractivity contribution in [2.75, 3.05) is 13.2 Å². The van der Waals surface area contributed by atoms with E-state index in [1.165, 1.54) is 44.9 Å². The van der Waals surface area contributed by atoms with Gasteiger partial charge in [0.25, 0.3) is 0 Å². The third-order valence-corrected chi connectivity index (χ3v) is 2.69. The van der Waals surface area contributed by atoms with Crippen molar-refractivity contribution in [3.63, 3.8) is 0 Å². The molecule has 2 heteroatoms. The van der Waals surface area contributed by atoms with Gasteiger partial charge in [0.2, 0.25) is 0 Å². The second-order valence-corrected chi connectivity index (χ2v) is 5.31. The van der Waals surface area contributed by atoms with E-state index in [9.17, 15) is 0 Å². The fraction of sp³-hybridized carbons (Fsp3) is 1.00. The molecule has 0 saturated heterocycles. The minimum Gasteiger partial charge on any atom is -0.379 e. The lowest BCUT2D eigenvalue weighted by atomic mass is 10.1. The molecule has 17 heavy (non-hydrogen) atoms. The van der Waals surface area contributed by atoms with Crippen LogP contribution in [-0.4, -0.2) is 25.4 Å². The van der Waals surface area contributed by atoms with Gasteiger partial charge < -0.3 is 9.47 Å². The van der Waals surface area contributed by atoms with Gasteiger partial charge in [-0.25, -0.2) is 0 Å². The molecule has 0 aliphatic carbocycles. The Kier molecular flexibility index (Phi) is 12.3.